The van der Waals surface area contributed by atoms with E-state index in [1.165, 1.54) is 18.6 Å². The highest BCUT2D eigenvalue weighted by Crippen LogP contribution is 2.65. The van der Waals surface area contributed by atoms with Crippen molar-refractivity contribution < 1.29 is 49.0 Å². The minimum absolute atomic E-state index is 0.0408. The van der Waals surface area contributed by atoms with Gasteiger partial charge in [0.1, 0.15) is 6.61 Å². The molecule has 11 rings (SSSR count). The standard InChI is InChI=1S/C19H21NO4.C16H17NO4.C7H8.C5H8O2/c1-2-8-20-9-7-18-15-11-3-4-12(21)16(15)24-17(18)13(22)5-6-19(18,23)14(20)10-11;18-9-2-1-8-7-11-16(20)4-3-10(19)14-15(16,5-6-17-11)12(8)13(9)21-14;1-7-5-3-2-4-6-7;1-3-4-7-5(2)6/h2-4,14,17,21,23H,1,5-10H2;1-2,11,14,17-18,20H,3-7H2;2-6H,1H3;3H,1,4H2,2H3/t14-,17+,18+,19-;11-,14+,15+,16-;;/m11../s1. The molecule has 4 fully saturated rings. The Kier molecular flexibility index (Phi) is 10.5. The number of nitrogens with one attached hydrogen (secondary N) is 1. The van der Waals surface area contributed by atoms with Crippen molar-refractivity contribution >= 4 is 17.5 Å². The van der Waals surface area contributed by atoms with Crippen LogP contribution in [0, 0.1) is 6.92 Å². The lowest BCUT2D eigenvalue weighted by atomic mass is 9.49. The number of likely N-dealkylation sites (tertiary alicyclic amines) is 1. The largest absolute Gasteiger partial charge is 0.504 e. The maximum atomic E-state index is 12.6. The van der Waals surface area contributed by atoms with Crippen molar-refractivity contribution in [3.63, 3.8) is 0 Å². The number of phenolic OH excluding ortho intramolecular Hbond substituents is 2. The number of hydrogen-bond acceptors (Lipinski definition) is 12. The summed E-state index contributed by atoms with van der Waals surface area (Å²) in [6.07, 6.45) is 6.41. The Morgan fingerprint density at radius 1 is 0.831 bits per heavy atom. The number of carbonyl (C=O) groups is 3. The number of hydrogen-bond donors (Lipinski definition) is 5. The Labute approximate surface area is 344 Å². The summed E-state index contributed by atoms with van der Waals surface area (Å²) in [6, 6.07) is 17.3. The van der Waals surface area contributed by atoms with Crippen LogP contribution in [0.25, 0.3) is 0 Å². The second-order valence-corrected chi connectivity index (χ2v) is 17.1. The highest BCUT2D eigenvalue weighted by Gasteiger charge is 2.74. The number of rotatable bonds is 4. The molecular weight excluding hydrogens is 753 g/mol. The molecule has 4 heterocycles. The average Bonchev–Trinajstić information content (AvgIpc) is 3.76. The van der Waals surface area contributed by atoms with Gasteiger partial charge in [-0.2, -0.15) is 0 Å². The molecule has 2 spiro atoms. The fraction of sp³-hybridized carbons (Fsp3) is 0.468. The van der Waals surface area contributed by atoms with Gasteiger partial charge in [-0.3, -0.25) is 19.3 Å². The number of nitrogens with zero attached hydrogens (tertiary/aromatic N) is 1. The van der Waals surface area contributed by atoms with Crippen molar-refractivity contribution in [1.29, 1.82) is 0 Å². The van der Waals surface area contributed by atoms with Crippen LogP contribution < -0.4 is 14.8 Å². The molecule has 3 aromatic carbocycles. The number of piperidine rings is 2. The number of aryl methyl sites for hydroxylation is 1. The van der Waals surface area contributed by atoms with Crippen molar-refractivity contribution in [3.8, 4) is 23.0 Å². The van der Waals surface area contributed by atoms with E-state index in [-0.39, 0.29) is 41.1 Å². The van der Waals surface area contributed by atoms with Crippen LogP contribution in [0.2, 0.25) is 0 Å². The summed E-state index contributed by atoms with van der Waals surface area (Å²) in [6.45, 7) is 13.2. The molecule has 8 aliphatic rings. The van der Waals surface area contributed by atoms with E-state index in [1.54, 1.807) is 12.1 Å². The zero-order valence-corrected chi connectivity index (χ0v) is 33.7. The molecule has 8 atom stereocenters. The van der Waals surface area contributed by atoms with Crippen LogP contribution in [0.5, 0.6) is 23.0 Å². The van der Waals surface area contributed by atoms with Crippen molar-refractivity contribution in [2.45, 2.75) is 112 Å². The molecule has 0 unspecified atom stereocenters. The zero-order chi connectivity index (χ0) is 41.9. The summed E-state index contributed by atoms with van der Waals surface area (Å²) < 4.78 is 16.3. The van der Waals surface area contributed by atoms with Gasteiger partial charge < -0.3 is 40.0 Å². The molecule has 4 bridgehead atoms. The summed E-state index contributed by atoms with van der Waals surface area (Å²) in [7, 11) is 0. The van der Waals surface area contributed by atoms with Gasteiger partial charge >= 0.3 is 5.97 Å². The maximum absolute atomic E-state index is 12.6. The number of benzene rings is 3. The molecule has 5 N–H and O–H groups in total. The van der Waals surface area contributed by atoms with Crippen LogP contribution in [0.15, 0.2) is 79.9 Å². The zero-order valence-electron chi connectivity index (χ0n) is 33.7. The average molecular weight is 807 g/mol. The predicted molar refractivity (Wildman–Crippen MR) is 219 cm³/mol. The minimum atomic E-state index is -1.00. The van der Waals surface area contributed by atoms with Crippen LogP contribution in [-0.4, -0.2) is 105 Å². The van der Waals surface area contributed by atoms with E-state index >= 15 is 0 Å². The number of ketones is 2. The molecule has 2 saturated heterocycles. The van der Waals surface area contributed by atoms with Crippen LogP contribution in [0.1, 0.15) is 73.3 Å². The van der Waals surface area contributed by atoms with Gasteiger partial charge in [-0.15, -0.1) is 6.58 Å². The third-order valence-corrected chi connectivity index (χ3v) is 14.2. The van der Waals surface area contributed by atoms with E-state index in [0.717, 1.165) is 41.9 Å². The summed E-state index contributed by atoms with van der Waals surface area (Å²) in [5.41, 5.74) is 1.91. The van der Waals surface area contributed by atoms with Gasteiger partial charge in [-0.1, -0.05) is 66.8 Å². The van der Waals surface area contributed by atoms with Crippen LogP contribution in [0.4, 0.5) is 0 Å². The first-order valence-corrected chi connectivity index (χ1v) is 20.7. The first-order chi connectivity index (χ1) is 28.3. The monoisotopic (exact) mass is 806 g/mol. The van der Waals surface area contributed by atoms with Crippen molar-refractivity contribution in [2.75, 3.05) is 26.2 Å². The molecule has 59 heavy (non-hydrogen) atoms. The number of esters is 1. The van der Waals surface area contributed by atoms with E-state index < -0.39 is 34.2 Å². The lowest BCUT2D eigenvalue weighted by Gasteiger charge is -2.62. The van der Waals surface area contributed by atoms with Crippen LogP contribution in [-0.2, 0) is 42.8 Å². The number of Topliss-reactive ketones (excluding diaryl/α,β-unsaturated/α-hetero) is 2. The van der Waals surface area contributed by atoms with Gasteiger partial charge in [0, 0.05) is 56.1 Å². The van der Waals surface area contributed by atoms with Crippen LogP contribution >= 0.6 is 0 Å². The predicted octanol–water partition coefficient (Wildman–Crippen LogP) is 4.43. The summed E-state index contributed by atoms with van der Waals surface area (Å²) in [4.78, 5) is 37.3. The van der Waals surface area contributed by atoms with Crippen LogP contribution in [0.3, 0.4) is 0 Å². The quantitative estimate of drug-likeness (QED) is 0.186. The fourth-order valence-corrected chi connectivity index (χ4v) is 11.7. The van der Waals surface area contributed by atoms with E-state index in [0.29, 0.717) is 69.5 Å². The molecule has 2 saturated carbocycles. The second kappa shape index (κ2) is 15.2. The molecule has 12 heteroatoms. The van der Waals surface area contributed by atoms with Gasteiger partial charge in [0.2, 0.25) is 0 Å². The topological polar surface area (TPSA) is 175 Å². The lowest BCUT2D eigenvalue weighted by Crippen LogP contribution is -2.76. The Hall–Kier alpha value is -5.01. The molecule has 12 nitrogen and oxygen atoms in total. The van der Waals surface area contributed by atoms with Gasteiger partial charge in [-0.05, 0) is 75.3 Å². The van der Waals surface area contributed by atoms with Crippen molar-refractivity contribution in [3.05, 3.63) is 108 Å². The normalized spacial score (nSPS) is 33.0. The highest BCUT2D eigenvalue weighted by atomic mass is 16.5. The third-order valence-electron chi connectivity index (χ3n) is 14.2. The summed E-state index contributed by atoms with van der Waals surface area (Å²) >= 11 is 0. The number of ether oxygens (including phenoxy) is 3. The van der Waals surface area contributed by atoms with E-state index in [9.17, 15) is 34.8 Å². The number of aliphatic hydroxyl groups is 2. The minimum Gasteiger partial charge on any atom is -0.504 e. The third kappa shape index (κ3) is 6.04. The van der Waals surface area contributed by atoms with Gasteiger partial charge in [0.25, 0.3) is 0 Å². The maximum Gasteiger partial charge on any atom is 0.302 e. The molecular formula is C47H54N2O10. The second-order valence-electron chi connectivity index (χ2n) is 17.1. The molecule has 312 valence electrons. The Morgan fingerprint density at radius 2 is 1.41 bits per heavy atom. The first kappa shape index (κ1) is 40.8. The summed E-state index contributed by atoms with van der Waals surface area (Å²) in [5, 5.41) is 47.1. The lowest BCUT2D eigenvalue weighted by molar-refractivity contribution is -0.187. The molecule has 4 aliphatic carbocycles. The Balaban J connectivity index is 0.000000125. The number of carbonyl (C=O) groups excluding carboxylic acids is 3. The Bertz CT molecular complexity index is 2190. The van der Waals surface area contributed by atoms with Gasteiger partial charge in [0.15, 0.2) is 46.8 Å². The number of phenols is 2. The van der Waals surface area contributed by atoms with Crippen molar-refractivity contribution in [1.82, 2.24) is 10.2 Å². The smallest absolute Gasteiger partial charge is 0.302 e. The first-order valence-electron chi connectivity index (χ1n) is 20.7. The van der Waals surface area contributed by atoms with E-state index in [4.69, 9.17) is 9.47 Å². The summed E-state index contributed by atoms with van der Waals surface area (Å²) in [5.74, 6) is 0.806. The molecule has 3 aromatic rings. The Morgan fingerprint density at radius 3 is 1.93 bits per heavy atom. The number of aromatic hydroxyl groups is 2. The van der Waals surface area contributed by atoms with Crippen molar-refractivity contribution in [2.24, 2.45) is 0 Å². The fourth-order valence-electron chi connectivity index (χ4n) is 11.7. The van der Waals surface area contributed by atoms with Gasteiger partial charge in [0.05, 0.1) is 22.0 Å². The molecule has 0 radical (unpaired) electrons. The van der Waals surface area contributed by atoms with E-state index in [1.807, 2.05) is 36.4 Å². The highest BCUT2D eigenvalue weighted by molar-refractivity contribution is 5.91. The molecule has 4 aliphatic heterocycles. The molecule has 0 aromatic heterocycles. The SMILES string of the molecule is C=CCN1CC[C@]23c4c5ccc(O)c4O[C@H]2C(=O)CC[C@@]3(O)[C@H]1C5.C=CCOC(C)=O.Cc1ccccc1.O=C1CC[C@@]2(O)[C@H]3Cc4ccc(O)c5c4[C@@]2(CCN3)[C@H]1O5. The van der Waals surface area contributed by atoms with Gasteiger partial charge in [-0.25, -0.2) is 0 Å². The van der Waals surface area contributed by atoms with E-state index in [2.05, 4.69) is 47.2 Å². The molecule has 0 amide bonds.